The molecule has 1 aliphatic heterocycles. The molecule has 2 heterocycles. The maximum atomic E-state index is 6.11. The molecule has 146 valence electrons. The van der Waals surface area contributed by atoms with Crippen LogP contribution < -0.4 is 16.0 Å². The number of aryl methyl sites for hydroxylation is 1. The van der Waals surface area contributed by atoms with Gasteiger partial charge in [-0.2, -0.15) is 0 Å². The Balaban J connectivity index is 1.60. The second-order valence-electron chi connectivity index (χ2n) is 8.07. The first-order valence-corrected chi connectivity index (χ1v) is 10.5. The lowest BCUT2D eigenvalue weighted by molar-refractivity contribution is -0.0287. The molecule has 1 aliphatic carbocycles. The van der Waals surface area contributed by atoms with Crippen LogP contribution in [0, 0.1) is 12.8 Å². The van der Waals surface area contributed by atoms with Crippen LogP contribution in [-0.4, -0.2) is 42.9 Å². The van der Waals surface area contributed by atoms with Crippen molar-refractivity contribution in [2.45, 2.75) is 77.5 Å². The van der Waals surface area contributed by atoms with Gasteiger partial charge in [-0.05, 0) is 63.5 Å². The molecule has 0 bridgehead atoms. The van der Waals surface area contributed by atoms with Crippen LogP contribution in [0.25, 0.3) is 0 Å². The van der Waals surface area contributed by atoms with E-state index < -0.39 is 0 Å². The number of hydrogen-bond donors (Lipinski definition) is 2. The zero-order chi connectivity index (χ0) is 18.5. The molecule has 3 rings (SSSR count). The largest absolute Gasteiger partial charge is 0.383 e. The molecule has 1 saturated carbocycles. The normalized spacial score (nSPS) is 29.6. The zero-order valence-corrected chi connectivity index (χ0v) is 16.7. The van der Waals surface area contributed by atoms with Crippen LogP contribution >= 0.6 is 0 Å². The minimum Gasteiger partial charge on any atom is -0.383 e. The fourth-order valence-electron chi connectivity index (χ4n) is 4.12. The molecule has 0 spiro atoms. The summed E-state index contributed by atoms with van der Waals surface area (Å²) in [6, 6.07) is 4.78. The number of hydrogen-bond acceptors (Lipinski definition) is 5. The van der Waals surface area contributed by atoms with Gasteiger partial charge in [0.15, 0.2) is 0 Å². The predicted molar refractivity (Wildman–Crippen MR) is 109 cm³/mol. The van der Waals surface area contributed by atoms with Gasteiger partial charge in [0.2, 0.25) is 0 Å². The topological polar surface area (TPSA) is 63.4 Å². The molecule has 2 atom stereocenters. The Morgan fingerprint density at radius 2 is 1.77 bits per heavy atom. The van der Waals surface area contributed by atoms with Gasteiger partial charge in [0, 0.05) is 25.7 Å². The van der Waals surface area contributed by atoms with Crippen molar-refractivity contribution in [1.29, 1.82) is 0 Å². The van der Waals surface area contributed by atoms with Crippen molar-refractivity contribution in [2.75, 3.05) is 29.9 Å². The van der Waals surface area contributed by atoms with E-state index in [1.807, 2.05) is 0 Å². The summed E-state index contributed by atoms with van der Waals surface area (Å²) >= 11 is 0. The number of nitrogens with two attached hydrogens (primary N) is 1. The lowest BCUT2D eigenvalue weighted by Crippen LogP contribution is -2.47. The lowest BCUT2D eigenvalue weighted by Gasteiger charge is -2.38. The molecule has 3 N–H and O–H groups in total. The Morgan fingerprint density at radius 1 is 1.12 bits per heavy atom. The number of morpholine rings is 1. The van der Waals surface area contributed by atoms with Gasteiger partial charge >= 0.3 is 0 Å². The third-order valence-corrected chi connectivity index (χ3v) is 6.01. The number of ether oxygens (including phenoxy) is 1. The van der Waals surface area contributed by atoms with E-state index in [-0.39, 0.29) is 0 Å². The van der Waals surface area contributed by atoms with Gasteiger partial charge in [-0.1, -0.05) is 13.8 Å². The molecule has 1 aromatic heterocycles. The van der Waals surface area contributed by atoms with Crippen LogP contribution in [0.4, 0.5) is 11.5 Å². The number of pyridine rings is 1. The van der Waals surface area contributed by atoms with E-state index in [4.69, 9.17) is 15.5 Å². The van der Waals surface area contributed by atoms with Crippen LogP contribution in [-0.2, 0) is 4.74 Å². The average Bonchev–Trinajstić information content (AvgIpc) is 2.67. The summed E-state index contributed by atoms with van der Waals surface area (Å²) < 4.78 is 6.11. The Hall–Kier alpha value is -1.33. The van der Waals surface area contributed by atoms with E-state index >= 15 is 0 Å². The van der Waals surface area contributed by atoms with E-state index in [1.54, 1.807) is 0 Å². The van der Waals surface area contributed by atoms with Gasteiger partial charge < -0.3 is 20.7 Å². The molecule has 1 saturated heterocycles. The molecule has 0 radical (unpaired) electrons. The SMILES string of the molecule is CC[C@@H]1CN(c2ccc(NC[C@H]3CC[C@H](N)CC3)c(C)n2)C[C@H](CC)O1. The van der Waals surface area contributed by atoms with Crippen molar-refractivity contribution < 1.29 is 4.74 Å². The Morgan fingerprint density at radius 3 is 2.35 bits per heavy atom. The summed E-state index contributed by atoms with van der Waals surface area (Å²) in [6.45, 7) is 9.41. The van der Waals surface area contributed by atoms with Gasteiger partial charge in [-0.3, -0.25) is 0 Å². The van der Waals surface area contributed by atoms with Gasteiger partial charge in [0.25, 0.3) is 0 Å². The second-order valence-corrected chi connectivity index (χ2v) is 8.07. The predicted octanol–water partition coefficient (Wildman–Crippen LogP) is 3.71. The summed E-state index contributed by atoms with van der Waals surface area (Å²) in [5, 5.41) is 3.62. The van der Waals surface area contributed by atoms with E-state index in [9.17, 15) is 0 Å². The van der Waals surface area contributed by atoms with Crippen LogP contribution in [0.15, 0.2) is 12.1 Å². The van der Waals surface area contributed by atoms with Crippen molar-refractivity contribution in [2.24, 2.45) is 11.7 Å². The first-order chi connectivity index (χ1) is 12.6. The molecule has 2 aliphatic rings. The molecule has 26 heavy (non-hydrogen) atoms. The second kappa shape index (κ2) is 9.05. The quantitative estimate of drug-likeness (QED) is 0.810. The van der Waals surface area contributed by atoms with Gasteiger partial charge in [0.1, 0.15) is 5.82 Å². The van der Waals surface area contributed by atoms with Crippen LogP contribution in [0.2, 0.25) is 0 Å². The van der Waals surface area contributed by atoms with E-state index in [0.29, 0.717) is 18.2 Å². The molecule has 0 aromatic carbocycles. The third-order valence-electron chi connectivity index (χ3n) is 6.01. The number of anilines is 2. The van der Waals surface area contributed by atoms with Crippen molar-refractivity contribution >= 4 is 11.5 Å². The lowest BCUT2D eigenvalue weighted by atomic mass is 9.86. The van der Waals surface area contributed by atoms with Crippen molar-refractivity contribution in [3.8, 4) is 0 Å². The number of aromatic nitrogens is 1. The maximum absolute atomic E-state index is 6.11. The summed E-state index contributed by atoms with van der Waals surface area (Å²) in [6.07, 6.45) is 7.53. The van der Waals surface area contributed by atoms with E-state index in [2.05, 4.69) is 43.1 Å². The van der Waals surface area contributed by atoms with Crippen molar-refractivity contribution in [3.05, 3.63) is 17.8 Å². The highest BCUT2D eigenvalue weighted by Crippen LogP contribution is 2.26. The number of nitrogens with one attached hydrogen (secondary N) is 1. The smallest absolute Gasteiger partial charge is 0.129 e. The molecule has 5 heteroatoms. The van der Waals surface area contributed by atoms with Gasteiger partial charge in [0.05, 0.1) is 23.6 Å². The number of nitrogens with zero attached hydrogens (tertiary/aromatic N) is 2. The highest BCUT2D eigenvalue weighted by Gasteiger charge is 2.26. The minimum atomic E-state index is 0.311. The van der Waals surface area contributed by atoms with E-state index in [1.165, 1.54) is 12.8 Å². The standard InChI is InChI=1S/C21H36N4O/c1-4-18-13-25(14-19(5-2)26-18)21-11-10-20(15(3)24-21)23-12-16-6-8-17(22)9-7-16/h10-11,16-19,23H,4-9,12-14,22H2,1-3H3/t16-,17-,18-,19+. The van der Waals surface area contributed by atoms with Crippen LogP contribution in [0.1, 0.15) is 58.1 Å². The first kappa shape index (κ1) is 19.4. The van der Waals surface area contributed by atoms with Crippen LogP contribution in [0.5, 0.6) is 0 Å². The summed E-state index contributed by atoms with van der Waals surface area (Å²) in [5.74, 6) is 1.82. The van der Waals surface area contributed by atoms with Gasteiger partial charge in [-0.15, -0.1) is 0 Å². The Kier molecular flexibility index (Phi) is 6.76. The molecule has 2 fully saturated rings. The fourth-order valence-corrected chi connectivity index (χ4v) is 4.12. The maximum Gasteiger partial charge on any atom is 0.129 e. The van der Waals surface area contributed by atoms with Crippen molar-refractivity contribution in [3.63, 3.8) is 0 Å². The molecular weight excluding hydrogens is 324 g/mol. The van der Waals surface area contributed by atoms with E-state index in [0.717, 1.165) is 68.4 Å². The molecule has 1 aromatic rings. The van der Waals surface area contributed by atoms with Crippen LogP contribution in [0.3, 0.4) is 0 Å². The van der Waals surface area contributed by atoms with Gasteiger partial charge in [-0.25, -0.2) is 4.98 Å². The summed E-state index contributed by atoms with van der Waals surface area (Å²) in [7, 11) is 0. The van der Waals surface area contributed by atoms with Crippen molar-refractivity contribution in [1.82, 2.24) is 4.98 Å². The Bertz CT molecular complexity index is 559. The highest BCUT2D eigenvalue weighted by atomic mass is 16.5. The number of rotatable bonds is 6. The summed E-state index contributed by atoms with van der Waals surface area (Å²) in [4.78, 5) is 7.29. The zero-order valence-electron chi connectivity index (χ0n) is 16.7. The third kappa shape index (κ3) is 4.89. The average molecular weight is 361 g/mol. The Labute approximate surface area is 158 Å². The fraction of sp³-hybridized carbons (Fsp3) is 0.762. The minimum absolute atomic E-state index is 0.311. The highest BCUT2D eigenvalue weighted by molar-refractivity contribution is 5.54. The first-order valence-electron chi connectivity index (χ1n) is 10.5. The summed E-state index contributed by atoms with van der Waals surface area (Å²) in [5.41, 5.74) is 8.26. The monoisotopic (exact) mass is 360 g/mol. The molecule has 0 unspecified atom stereocenters. The molecule has 0 amide bonds. The molecule has 5 nitrogen and oxygen atoms in total. The molecular formula is C21H36N4O.